The summed E-state index contributed by atoms with van der Waals surface area (Å²) in [7, 11) is 0. The van der Waals surface area contributed by atoms with Gasteiger partial charge in [0.15, 0.2) is 0 Å². The van der Waals surface area contributed by atoms with E-state index >= 15 is 0 Å². The van der Waals surface area contributed by atoms with Crippen molar-refractivity contribution < 1.29 is 23.8 Å². The van der Waals surface area contributed by atoms with Gasteiger partial charge in [-0.25, -0.2) is 0 Å². The van der Waals surface area contributed by atoms with Gasteiger partial charge in [0.1, 0.15) is 11.5 Å². The molecule has 0 saturated heterocycles. The Kier molecular flexibility index (Phi) is 14.2. The van der Waals surface area contributed by atoms with Crippen LogP contribution in [0.25, 0.3) is 0 Å². The smallest absolute Gasteiger partial charge is 0.308 e. The van der Waals surface area contributed by atoms with Gasteiger partial charge in [-0.15, -0.1) is 0 Å². The molecule has 0 aliphatic carbocycles. The van der Waals surface area contributed by atoms with Crippen LogP contribution in [0.4, 0.5) is 0 Å². The third-order valence-corrected chi connectivity index (χ3v) is 4.94. The SMILES string of the molecule is CCc1ccc(C)cc1.CCc1ccc(OC(C)=O)cc1.CCc1ccc(OCOC(C)=O)cc1. The van der Waals surface area contributed by atoms with Crippen molar-refractivity contribution >= 4 is 11.9 Å². The Labute approximate surface area is 210 Å². The molecule has 0 spiro atoms. The zero-order valence-corrected chi connectivity index (χ0v) is 21.8. The van der Waals surface area contributed by atoms with Gasteiger partial charge in [-0.1, -0.05) is 74.9 Å². The Hall–Kier alpha value is -3.60. The van der Waals surface area contributed by atoms with Crippen molar-refractivity contribution in [2.24, 2.45) is 0 Å². The molecule has 0 unspecified atom stereocenters. The van der Waals surface area contributed by atoms with Crippen LogP contribution in [-0.4, -0.2) is 18.7 Å². The molecule has 5 nitrogen and oxygen atoms in total. The number of benzene rings is 3. The van der Waals surface area contributed by atoms with E-state index in [2.05, 4.69) is 56.7 Å². The van der Waals surface area contributed by atoms with Crippen LogP contribution in [0.15, 0.2) is 72.8 Å². The zero-order chi connectivity index (χ0) is 26.1. The van der Waals surface area contributed by atoms with Crippen LogP contribution in [0.1, 0.15) is 56.9 Å². The van der Waals surface area contributed by atoms with Gasteiger partial charge in [-0.05, 0) is 67.1 Å². The molecule has 0 radical (unpaired) electrons. The highest BCUT2D eigenvalue weighted by molar-refractivity contribution is 5.69. The second-order valence-corrected chi connectivity index (χ2v) is 7.83. The van der Waals surface area contributed by atoms with Gasteiger partial charge in [-0.2, -0.15) is 0 Å². The summed E-state index contributed by atoms with van der Waals surface area (Å²) >= 11 is 0. The molecule has 0 aliphatic rings. The summed E-state index contributed by atoms with van der Waals surface area (Å²) in [6.45, 7) is 11.2. The fourth-order valence-corrected chi connectivity index (χ4v) is 2.78. The summed E-state index contributed by atoms with van der Waals surface area (Å²) in [5.74, 6) is 0.706. The summed E-state index contributed by atoms with van der Waals surface area (Å²) in [5.41, 5.74) is 5.25. The first-order chi connectivity index (χ1) is 16.8. The Balaban J connectivity index is 0.000000269. The van der Waals surface area contributed by atoms with Crippen LogP contribution in [0.2, 0.25) is 0 Å². The van der Waals surface area contributed by atoms with Gasteiger partial charge in [0.05, 0.1) is 0 Å². The largest absolute Gasteiger partial charge is 0.457 e. The Morgan fingerprint density at radius 1 is 0.600 bits per heavy atom. The lowest BCUT2D eigenvalue weighted by molar-refractivity contribution is -0.147. The molecular formula is C30H38O5. The molecule has 0 atom stereocenters. The van der Waals surface area contributed by atoms with Crippen molar-refractivity contribution in [3.8, 4) is 11.5 Å². The first-order valence-corrected chi connectivity index (χ1v) is 11.9. The zero-order valence-electron chi connectivity index (χ0n) is 21.8. The van der Waals surface area contributed by atoms with E-state index in [0.29, 0.717) is 11.5 Å². The molecule has 0 bridgehead atoms. The van der Waals surface area contributed by atoms with Crippen LogP contribution in [0, 0.1) is 6.92 Å². The van der Waals surface area contributed by atoms with E-state index in [1.807, 2.05) is 36.4 Å². The third-order valence-electron chi connectivity index (χ3n) is 4.94. The van der Waals surface area contributed by atoms with Crippen LogP contribution in [-0.2, 0) is 33.6 Å². The van der Waals surface area contributed by atoms with Gasteiger partial charge >= 0.3 is 11.9 Å². The molecule has 0 fully saturated rings. The molecule has 0 aromatic heterocycles. The van der Waals surface area contributed by atoms with E-state index in [9.17, 15) is 9.59 Å². The highest BCUT2D eigenvalue weighted by Crippen LogP contribution is 2.13. The van der Waals surface area contributed by atoms with Crippen molar-refractivity contribution in [3.05, 3.63) is 95.1 Å². The van der Waals surface area contributed by atoms with Crippen molar-refractivity contribution in [2.75, 3.05) is 6.79 Å². The maximum atomic E-state index is 10.5. The van der Waals surface area contributed by atoms with E-state index in [4.69, 9.17) is 9.47 Å². The van der Waals surface area contributed by atoms with Gasteiger partial charge in [0, 0.05) is 13.8 Å². The summed E-state index contributed by atoms with van der Waals surface area (Å²) in [5, 5.41) is 0. The van der Waals surface area contributed by atoms with Crippen molar-refractivity contribution in [2.45, 2.75) is 60.8 Å². The molecule has 5 heteroatoms. The Bertz CT molecular complexity index is 990. The average Bonchev–Trinajstić information content (AvgIpc) is 2.86. The summed E-state index contributed by atoms with van der Waals surface area (Å²) in [6.07, 6.45) is 3.14. The van der Waals surface area contributed by atoms with E-state index in [1.54, 1.807) is 12.1 Å². The van der Waals surface area contributed by atoms with Crippen LogP contribution >= 0.6 is 0 Å². The highest BCUT2D eigenvalue weighted by Gasteiger charge is 1.97. The summed E-state index contributed by atoms with van der Waals surface area (Å²) in [6, 6.07) is 23.9. The number of aryl methyl sites for hydroxylation is 4. The quantitative estimate of drug-likeness (QED) is 0.210. The fraction of sp³-hybridized carbons (Fsp3) is 0.333. The maximum Gasteiger partial charge on any atom is 0.308 e. The lowest BCUT2D eigenvalue weighted by atomic mass is 10.1. The number of esters is 2. The van der Waals surface area contributed by atoms with E-state index < -0.39 is 0 Å². The standard InChI is InChI=1S/C11H14O3.C10H12O2.C9H12/c1-3-10-4-6-11(7-5-10)14-8-13-9(2)12;1-3-9-4-6-10(7-5-9)12-8(2)11;1-3-9-6-4-8(2)5-7-9/h4-7H,3,8H2,1-2H3;4-7H,3H2,1-2H3;4-7H,3H2,1-2H3. The van der Waals surface area contributed by atoms with Gasteiger partial charge in [-0.3, -0.25) is 9.59 Å². The molecule has 0 aliphatic heterocycles. The Morgan fingerprint density at radius 3 is 1.37 bits per heavy atom. The molecule has 3 rings (SSSR count). The predicted molar refractivity (Wildman–Crippen MR) is 141 cm³/mol. The number of carbonyl (C=O) groups is 2. The van der Waals surface area contributed by atoms with E-state index in [0.717, 1.165) is 19.3 Å². The summed E-state index contributed by atoms with van der Waals surface area (Å²) < 4.78 is 14.7. The van der Waals surface area contributed by atoms with Crippen molar-refractivity contribution in [3.63, 3.8) is 0 Å². The Morgan fingerprint density at radius 2 is 1.00 bits per heavy atom. The van der Waals surface area contributed by atoms with Crippen molar-refractivity contribution in [1.82, 2.24) is 0 Å². The molecule has 188 valence electrons. The fourth-order valence-electron chi connectivity index (χ4n) is 2.78. The highest BCUT2D eigenvalue weighted by atomic mass is 16.7. The van der Waals surface area contributed by atoms with Crippen LogP contribution in [0.5, 0.6) is 11.5 Å². The second-order valence-electron chi connectivity index (χ2n) is 7.83. The minimum Gasteiger partial charge on any atom is -0.457 e. The predicted octanol–water partition coefficient (Wildman–Crippen LogP) is 6.88. The molecule has 0 N–H and O–H groups in total. The van der Waals surface area contributed by atoms with Crippen LogP contribution < -0.4 is 9.47 Å². The number of ether oxygens (including phenoxy) is 3. The molecule has 3 aromatic carbocycles. The van der Waals surface area contributed by atoms with E-state index in [1.165, 1.54) is 36.1 Å². The average molecular weight is 479 g/mol. The number of hydrogen-bond donors (Lipinski definition) is 0. The lowest BCUT2D eigenvalue weighted by Crippen LogP contribution is -2.06. The summed E-state index contributed by atoms with van der Waals surface area (Å²) in [4.78, 5) is 21.0. The number of hydrogen-bond acceptors (Lipinski definition) is 5. The molecular weight excluding hydrogens is 440 g/mol. The van der Waals surface area contributed by atoms with E-state index in [-0.39, 0.29) is 18.7 Å². The van der Waals surface area contributed by atoms with Gasteiger partial charge in [0.25, 0.3) is 0 Å². The molecule has 35 heavy (non-hydrogen) atoms. The minimum atomic E-state index is -0.338. The molecule has 0 heterocycles. The number of rotatable bonds is 7. The number of carbonyl (C=O) groups excluding carboxylic acids is 2. The molecule has 0 amide bonds. The first kappa shape index (κ1) is 29.4. The van der Waals surface area contributed by atoms with Crippen molar-refractivity contribution in [1.29, 1.82) is 0 Å². The third kappa shape index (κ3) is 13.6. The monoisotopic (exact) mass is 478 g/mol. The lowest BCUT2D eigenvalue weighted by Gasteiger charge is -2.05. The van der Waals surface area contributed by atoms with Gasteiger partial charge in [0.2, 0.25) is 6.79 Å². The first-order valence-electron chi connectivity index (χ1n) is 11.9. The molecule has 0 saturated carbocycles. The molecule has 3 aromatic rings. The van der Waals surface area contributed by atoms with Crippen LogP contribution in [0.3, 0.4) is 0 Å². The normalized spacial score (nSPS) is 9.54. The van der Waals surface area contributed by atoms with Gasteiger partial charge < -0.3 is 14.2 Å². The topological polar surface area (TPSA) is 61.8 Å². The maximum absolute atomic E-state index is 10.5. The minimum absolute atomic E-state index is 0.0270. The second kappa shape index (κ2) is 16.9.